The lowest BCUT2D eigenvalue weighted by atomic mass is 10.1. The largest absolute Gasteiger partial charge is 0.491 e. The molecule has 1 saturated heterocycles. The molecule has 6 heteroatoms. The summed E-state index contributed by atoms with van der Waals surface area (Å²) in [5.41, 5.74) is 1.50. The predicted molar refractivity (Wildman–Crippen MR) is 65.3 cm³/mol. The van der Waals surface area contributed by atoms with Crippen molar-refractivity contribution in [2.45, 2.75) is 6.10 Å². The Morgan fingerprint density at radius 3 is 2.89 bits per heavy atom. The Morgan fingerprint density at radius 2 is 2.22 bits per heavy atom. The molecule has 18 heavy (non-hydrogen) atoms. The zero-order valence-corrected chi connectivity index (χ0v) is 10.2. The second kappa shape index (κ2) is 4.72. The van der Waals surface area contributed by atoms with E-state index in [-0.39, 0.29) is 6.10 Å². The Labute approximate surface area is 108 Å². The van der Waals surface area contributed by atoms with Crippen LogP contribution in [-0.2, 0) is 4.74 Å². The highest BCUT2D eigenvalue weighted by Crippen LogP contribution is 2.25. The van der Waals surface area contributed by atoms with Crippen LogP contribution in [0.25, 0.3) is 11.3 Å². The van der Waals surface area contributed by atoms with E-state index in [0.717, 1.165) is 29.5 Å². The lowest BCUT2D eigenvalue weighted by molar-refractivity contribution is 0.263. The molecule has 0 radical (unpaired) electrons. The fraction of sp³-hybridized carbons (Fsp3) is 0.250. The zero-order valence-electron chi connectivity index (χ0n) is 9.37. The molecule has 2 aromatic rings. The lowest BCUT2D eigenvalue weighted by Gasteiger charge is -2.04. The van der Waals surface area contributed by atoms with Crippen LogP contribution in [0.5, 0.6) is 5.75 Å². The summed E-state index contributed by atoms with van der Waals surface area (Å²) >= 11 is 1.10. The highest BCUT2D eigenvalue weighted by Gasteiger charge is 2.23. The predicted octanol–water partition coefficient (Wildman–Crippen LogP) is 1.85. The Bertz CT molecular complexity index is 584. The maximum absolute atomic E-state index is 8.92. The Morgan fingerprint density at radius 1 is 1.44 bits per heavy atom. The lowest BCUT2D eigenvalue weighted by Crippen LogP contribution is -2.03. The van der Waals surface area contributed by atoms with Gasteiger partial charge in [0, 0.05) is 5.56 Å². The van der Waals surface area contributed by atoms with Crippen molar-refractivity contribution in [1.82, 2.24) is 9.59 Å². The van der Waals surface area contributed by atoms with Crippen LogP contribution in [0.2, 0.25) is 0 Å². The van der Waals surface area contributed by atoms with Gasteiger partial charge in [-0.15, -0.1) is 5.10 Å². The molecule has 1 aliphatic heterocycles. The van der Waals surface area contributed by atoms with E-state index in [2.05, 4.69) is 15.7 Å². The first-order valence-electron chi connectivity index (χ1n) is 5.44. The molecule has 0 N–H and O–H groups in total. The van der Waals surface area contributed by atoms with E-state index in [1.54, 1.807) is 0 Å². The third kappa shape index (κ3) is 2.32. The highest BCUT2D eigenvalue weighted by molar-refractivity contribution is 7.06. The van der Waals surface area contributed by atoms with Crippen LogP contribution >= 0.6 is 11.5 Å². The van der Waals surface area contributed by atoms with E-state index in [4.69, 9.17) is 14.7 Å². The van der Waals surface area contributed by atoms with Crippen molar-refractivity contribution in [3.05, 3.63) is 29.1 Å². The average molecular weight is 259 g/mol. The van der Waals surface area contributed by atoms with Gasteiger partial charge in [0.25, 0.3) is 0 Å². The maximum atomic E-state index is 8.92. The van der Waals surface area contributed by atoms with Gasteiger partial charge in [-0.2, -0.15) is 5.26 Å². The van der Waals surface area contributed by atoms with E-state index in [9.17, 15) is 0 Å². The summed E-state index contributed by atoms with van der Waals surface area (Å²) < 4.78 is 14.4. The number of ether oxygens (including phenoxy) is 2. The number of hydrogen-bond donors (Lipinski definition) is 0. The molecule has 0 saturated carbocycles. The molecule has 0 aliphatic carbocycles. The summed E-state index contributed by atoms with van der Waals surface area (Å²) in [6.45, 7) is 1.37. The van der Waals surface area contributed by atoms with Gasteiger partial charge in [0.1, 0.15) is 30.2 Å². The van der Waals surface area contributed by atoms with Gasteiger partial charge >= 0.3 is 0 Å². The highest BCUT2D eigenvalue weighted by atomic mass is 32.1. The maximum Gasteiger partial charge on any atom is 0.153 e. The molecule has 1 aliphatic rings. The van der Waals surface area contributed by atoms with Crippen molar-refractivity contribution in [3.8, 4) is 23.1 Å². The SMILES string of the molecule is N#Cc1snnc1-c1ccc(OCC2CO2)cc1. The summed E-state index contributed by atoms with van der Waals surface area (Å²) in [5, 5.41) is 12.9. The smallest absolute Gasteiger partial charge is 0.153 e. The minimum absolute atomic E-state index is 0.248. The molecule has 0 spiro atoms. The monoisotopic (exact) mass is 259 g/mol. The fourth-order valence-corrected chi connectivity index (χ4v) is 2.01. The van der Waals surface area contributed by atoms with Gasteiger partial charge in [-0.25, -0.2) is 0 Å². The first-order valence-corrected chi connectivity index (χ1v) is 6.21. The fourth-order valence-electron chi connectivity index (χ4n) is 1.52. The van der Waals surface area contributed by atoms with Crippen LogP contribution in [0.4, 0.5) is 0 Å². The van der Waals surface area contributed by atoms with Crippen LogP contribution < -0.4 is 4.74 Å². The number of benzene rings is 1. The van der Waals surface area contributed by atoms with Gasteiger partial charge in [0.15, 0.2) is 4.88 Å². The van der Waals surface area contributed by atoms with Crippen LogP contribution in [0.3, 0.4) is 0 Å². The summed E-state index contributed by atoms with van der Waals surface area (Å²) in [5.74, 6) is 0.788. The number of rotatable bonds is 4. The van der Waals surface area contributed by atoms with E-state index < -0.39 is 0 Å². The molecule has 0 bridgehead atoms. The standard InChI is InChI=1S/C12H9N3O2S/c13-5-11-12(14-15-18-11)8-1-3-9(4-2-8)16-6-10-7-17-10/h1-4,10H,6-7H2. The number of nitrogens with zero attached hydrogens (tertiary/aromatic N) is 3. The van der Waals surface area contributed by atoms with Crippen molar-refractivity contribution in [1.29, 1.82) is 5.26 Å². The van der Waals surface area contributed by atoms with Crippen LogP contribution in [0.1, 0.15) is 4.88 Å². The third-order valence-electron chi connectivity index (χ3n) is 2.56. The van der Waals surface area contributed by atoms with Gasteiger partial charge in [-0.3, -0.25) is 0 Å². The number of nitriles is 1. The molecule has 3 rings (SSSR count). The van der Waals surface area contributed by atoms with E-state index in [0.29, 0.717) is 17.2 Å². The summed E-state index contributed by atoms with van der Waals surface area (Å²) in [6, 6.07) is 9.55. The topological polar surface area (TPSA) is 71.3 Å². The zero-order chi connectivity index (χ0) is 12.4. The molecule has 2 heterocycles. The Kier molecular flexibility index (Phi) is 2.92. The molecule has 1 atom stereocenters. The third-order valence-corrected chi connectivity index (χ3v) is 3.19. The summed E-state index contributed by atoms with van der Waals surface area (Å²) in [4.78, 5) is 0.523. The summed E-state index contributed by atoms with van der Waals surface area (Å²) in [7, 11) is 0. The molecule has 1 aromatic heterocycles. The van der Waals surface area contributed by atoms with Gasteiger partial charge in [-0.1, -0.05) is 4.49 Å². The Balaban J connectivity index is 1.75. The van der Waals surface area contributed by atoms with Gasteiger partial charge in [0.05, 0.1) is 6.61 Å². The quantitative estimate of drug-likeness (QED) is 0.784. The van der Waals surface area contributed by atoms with E-state index >= 15 is 0 Å². The average Bonchev–Trinajstić information content (AvgIpc) is 3.12. The first-order chi connectivity index (χ1) is 8.86. The van der Waals surface area contributed by atoms with Crippen molar-refractivity contribution in [2.75, 3.05) is 13.2 Å². The Hall–Kier alpha value is -1.97. The molecule has 0 amide bonds. The van der Waals surface area contributed by atoms with Crippen molar-refractivity contribution >= 4 is 11.5 Å². The number of hydrogen-bond acceptors (Lipinski definition) is 6. The van der Waals surface area contributed by atoms with Crippen molar-refractivity contribution in [2.24, 2.45) is 0 Å². The normalized spacial score (nSPS) is 17.2. The molecule has 1 aromatic carbocycles. The molecule has 1 fully saturated rings. The van der Waals surface area contributed by atoms with Crippen molar-refractivity contribution < 1.29 is 9.47 Å². The second-order valence-electron chi connectivity index (χ2n) is 3.85. The number of epoxide rings is 1. The van der Waals surface area contributed by atoms with Gasteiger partial charge in [0.2, 0.25) is 0 Å². The minimum Gasteiger partial charge on any atom is -0.491 e. The number of aromatic nitrogens is 2. The van der Waals surface area contributed by atoms with Crippen molar-refractivity contribution in [3.63, 3.8) is 0 Å². The molecule has 5 nitrogen and oxygen atoms in total. The molecular weight excluding hydrogens is 250 g/mol. The molecule has 90 valence electrons. The van der Waals surface area contributed by atoms with E-state index in [1.165, 1.54) is 0 Å². The first kappa shape index (κ1) is 11.1. The minimum atomic E-state index is 0.248. The van der Waals surface area contributed by atoms with Crippen LogP contribution in [0.15, 0.2) is 24.3 Å². The van der Waals surface area contributed by atoms with Crippen LogP contribution in [0, 0.1) is 11.3 Å². The summed E-state index contributed by atoms with van der Waals surface area (Å²) in [6.07, 6.45) is 0.248. The molecular formula is C12H9N3O2S. The van der Waals surface area contributed by atoms with Gasteiger partial charge < -0.3 is 9.47 Å². The second-order valence-corrected chi connectivity index (χ2v) is 4.61. The molecule has 1 unspecified atom stereocenters. The van der Waals surface area contributed by atoms with Crippen LogP contribution in [-0.4, -0.2) is 28.9 Å². The van der Waals surface area contributed by atoms with E-state index in [1.807, 2.05) is 24.3 Å². The van der Waals surface area contributed by atoms with Gasteiger partial charge in [-0.05, 0) is 35.8 Å².